The fourth-order valence-corrected chi connectivity index (χ4v) is 1.40. The van der Waals surface area contributed by atoms with Gasteiger partial charge in [-0.1, -0.05) is 40.0 Å². The summed E-state index contributed by atoms with van der Waals surface area (Å²) in [6.45, 7) is 9.08. The van der Waals surface area contributed by atoms with Crippen LogP contribution in [0.3, 0.4) is 0 Å². The first kappa shape index (κ1) is 13.9. The Hall–Kier alpha value is -0.0800. The average Bonchev–Trinajstić information content (AvgIpc) is 2.22. The van der Waals surface area contributed by atoms with E-state index >= 15 is 0 Å². The summed E-state index contributed by atoms with van der Waals surface area (Å²) >= 11 is 0. The minimum atomic E-state index is 0.499. The summed E-state index contributed by atoms with van der Waals surface area (Å²) < 4.78 is 5.66. The molecule has 0 heterocycles. The molecule has 0 aromatic rings. The van der Waals surface area contributed by atoms with Crippen molar-refractivity contribution in [3.05, 3.63) is 0 Å². The van der Waals surface area contributed by atoms with Crippen molar-refractivity contribution in [3.8, 4) is 0 Å². The number of hydrogen-bond acceptors (Lipinski definition) is 2. The molecule has 0 bridgehead atoms. The topological polar surface area (TPSA) is 35.2 Å². The Morgan fingerprint density at radius 2 is 1.93 bits per heavy atom. The largest absolute Gasteiger partial charge is 0.381 e. The summed E-state index contributed by atoms with van der Waals surface area (Å²) in [5, 5.41) is 0. The molecular weight excluding hydrogens is 174 g/mol. The van der Waals surface area contributed by atoms with Gasteiger partial charge in [-0.25, -0.2) is 0 Å². The fourth-order valence-electron chi connectivity index (χ4n) is 1.40. The molecule has 0 spiro atoms. The second-order valence-corrected chi connectivity index (χ2v) is 4.29. The van der Waals surface area contributed by atoms with Gasteiger partial charge >= 0.3 is 0 Å². The van der Waals surface area contributed by atoms with Gasteiger partial charge in [-0.3, -0.25) is 0 Å². The van der Waals surface area contributed by atoms with Crippen molar-refractivity contribution in [2.75, 3.05) is 19.8 Å². The van der Waals surface area contributed by atoms with Gasteiger partial charge in [0.25, 0.3) is 0 Å². The van der Waals surface area contributed by atoms with Crippen molar-refractivity contribution in [2.45, 2.75) is 46.5 Å². The van der Waals surface area contributed by atoms with Crippen LogP contribution in [-0.4, -0.2) is 19.8 Å². The zero-order chi connectivity index (χ0) is 10.8. The Bertz CT molecular complexity index is 117. The van der Waals surface area contributed by atoms with Gasteiger partial charge in [-0.15, -0.1) is 0 Å². The summed E-state index contributed by atoms with van der Waals surface area (Å²) in [6, 6.07) is 0. The van der Waals surface area contributed by atoms with Gasteiger partial charge in [0.1, 0.15) is 0 Å². The van der Waals surface area contributed by atoms with Crippen LogP contribution in [0.1, 0.15) is 46.5 Å². The van der Waals surface area contributed by atoms with Crippen LogP contribution in [0.2, 0.25) is 0 Å². The second-order valence-electron chi connectivity index (χ2n) is 4.29. The van der Waals surface area contributed by atoms with Crippen LogP contribution in [0.15, 0.2) is 0 Å². The van der Waals surface area contributed by atoms with Gasteiger partial charge in [0.15, 0.2) is 0 Å². The Balaban J connectivity index is 3.42. The van der Waals surface area contributed by atoms with E-state index in [0.29, 0.717) is 5.92 Å². The highest BCUT2D eigenvalue weighted by atomic mass is 16.5. The molecule has 0 aliphatic heterocycles. The summed E-state index contributed by atoms with van der Waals surface area (Å²) in [5.41, 5.74) is 5.52. The molecule has 2 nitrogen and oxygen atoms in total. The molecule has 0 fully saturated rings. The van der Waals surface area contributed by atoms with E-state index in [4.69, 9.17) is 10.5 Å². The minimum Gasteiger partial charge on any atom is -0.381 e. The van der Waals surface area contributed by atoms with Crippen LogP contribution in [0.25, 0.3) is 0 Å². The van der Waals surface area contributed by atoms with Gasteiger partial charge in [0, 0.05) is 6.61 Å². The maximum Gasteiger partial charge on any atom is 0.0503 e. The maximum atomic E-state index is 5.66. The van der Waals surface area contributed by atoms with E-state index in [0.717, 1.165) is 25.7 Å². The van der Waals surface area contributed by atoms with Crippen molar-refractivity contribution in [3.63, 3.8) is 0 Å². The van der Waals surface area contributed by atoms with Crippen molar-refractivity contribution in [1.29, 1.82) is 0 Å². The summed E-state index contributed by atoms with van der Waals surface area (Å²) in [5.74, 6) is 1.25. The number of nitrogens with two attached hydrogens (primary N) is 1. The van der Waals surface area contributed by atoms with Crippen molar-refractivity contribution < 1.29 is 4.74 Å². The summed E-state index contributed by atoms with van der Waals surface area (Å²) in [4.78, 5) is 0. The Kier molecular flexibility index (Phi) is 9.42. The third-order valence-corrected chi connectivity index (χ3v) is 2.70. The lowest BCUT2D eigenvalue weighted by Gasteiger charge is -2.16. The second kappa shape index (κ2) is 9.47. The molecule has 0 aromatic carbocycles. The number of unbranched alkanes of at least 4 members (excludes halogenated alkanes) is 1. The standard InChI is InChI=1S/C12H27NO/c1-4-6-7-12(5-2)10-14-9-11(3)8-13/h11-12H,4-10,13H2,1-3H3. The van der Waals surface area contributed by atoms with Crippen LogP contribution in [0, 0.1) is 11.8 Å². The molecule has 2 heteroatoms. The van der Waals surface area contributed by atoms with E-state index < -0.39 is 0 Å². The smallest absolute Gasteiger partial charge is 0.0503 e. The molecular formula is C12H27NO. The van der Waals surface area contributed by atoms with Crippen molar-refractivity contribution in [1.82, 2.24) is 0 Å². The van der Waals surface area contributed by atoms with Gasteiger partial charge in [-0.05, 0) is 24.8 Å². The average molecular weight is 201 g/mol. The molecule has 0 rings (SSSR count). The van der Waals surface area contributed by atoms with Crippen molar-refractivity contribution >= 4 is 0 Å². The van der Waals surface area contributed by atoms with Crippen molar-refractivity contribution in [2.24, 2.45) is 17.6 Å². The predicted octanol–water partition coefficient (Wildman–Crippen LogP) is 2.81. The van der Waals surface area contributed by atoms with Gasteiger partial charge in [0.05, 0.1) is 6.61 Å². The van der Waals surface area contributed by atoms with Gasteiger partial charge in [0.2, 0.25) is 0 Å². The summed E-state index contributed by atoms with van der Waals surface area (Å²) in [6.07, 6.45) is 5.16. The molecule has 0 aliphatic carbocycles. The van der Waals surface area contributed by atoms with Crippen LogP contribution >= 0.6 is 0 Å². The van der Waals surface area contributed by atoms with Crippen LogP contribution in [0.4, 0.5) is 0 Å². The molecule has 0 saturated heterocycles. The van der Waals surface area contributed by atoms with E-state index in [1.165, 1.54) is 25.7 Å². The number of hydrogen-bond donors (Lipinski definition) is 1. The van der Waals surface area contributed by atoms with E-state index in [2.05, 4.69) is 20.8 Å². The fraction of sp³-hybridized carbons (Fsp3) is 1.00. The quantitative estimate of drug-likeness (QED) is 0.622. The summed E-state index contributed by atoms with van der Waals surface area (Å²) in [7, 11) is 0. The molecule has 2 atom stereocenters. The monoisotopic (exact) mass is 201 g/mol. The zero-order valence-corrected chi connectivity index (χ0v) is 10.1. The van der Waals surface area contributed by atoms with Crippen LogP contribution in [-0.2, 0) is 4.74 Å². The Morgan fingerprint density at radius 3 is 2.43 bits per heavy atom. The molecule has 14 heavy (non-hydrogen) atoms. The maximum absolute atomic E-state index is 5.66. The lowest BCUT2D eigenvalue weighted by Crippen LogP contribution is -2.19. The van der Waals surface area contributed by atoms with E-state index in [-0.39, 0.29) is 0 Å². The first-order valence-electron chi connectivity index (χ1n) is 6.02. The molecule has 0 amide bonds. The number of rotatable bonds is 9. The minimum absolute atomic E-state index is 0.499. The number of ether oxygens (including phenoxy) is 1. The molecule has 0 saturated carbocycles. The molecule has 0 radical (unpaired) electrons. The highest BCUT2D eigenvalue weighted by Gasteiger charge is 2.06. The Morgan fingerprint density at radius 1 is 1.21 bits per heavy atom. The van der Waals surface area contributed by atoms with E-state index in [1.807, 2.05) is 0 Å². The highest BCUT2D eigenvalue weighted by Crippen LogP contribution is 2.13. The normalized spacial score (nSPS) is 15.4. The lowest BCUT2D eigenvalue weighted by molar-refractivity contribution is 0.0729. The molecule has 0 aromatic heterocycles. The Labute approximate surface area is 89.2 Å². The molecule has 86 valence electrons. The van der Waals surface area contributed by atoms with Gasteiger partial charge in [-0.2, -0.15) is 0 Å². The molecule has 2 N–H and O–H groups in total. The molecule has 0 aliphatic rings. The third kappa shape index (κ3) is 7.34. The predicted molar refractivity (Wildman–Crippen MR) is 62.3 cm³/mol. The molecule has 2 unspecified atom stereocenters. The third-order valence-electron chi connectivity index (χ3n) is 2.70. The van der Waals surface area contributed by atoms with Crippen LogP contribution in [0.5, 0.6) is 0 Å². The zero-order valence-electron chi connectivity index (χ0n) is 10.1. The SMILES string of the molecule is CCCCC(CC)COCC(C)CN. The van der Waals surface area contributed by atoms with Crippen LogP contribution < -0.4 is 5.73 Å². The first-order valence-corrected chi connectivity index (χ1v) is 6.02. The van der Waals surface area contributed by atoms with E-state index in [9.17, 15) is 0 Å². The first-order chi connectivity index (χ1) is 6.74. The highest BCUT2D eigenvalue weighted by molar-refractivity contribution is 4.57. The van der Waals surface area contributed by atoms with Gasteiger partial charge < -0.3 is 10.5 Å². The van der Waals surface area contributed by atoms with E-state index in [1.54, 1.807) is 0 Å². The lowest BCUT2D eigenvalue weighted by atomic mass is 10.0.